The fourth-order valence-electron chi connectivity index (χ4n) is 3.42. The zero-order valence-electron chi connectivity index (χ0n) is 17.2. The Morgan fingerprint density at radius 3 is 2.50 bits per heavy atom. The van der Waals surface area contributed by atoms with Gasteiger partial charge in [-0.25, -0.2) is 0 Å². The summed E-state index contributed by atoms with van der Waals surface area (Å²) >= 11 is 0. The quantitative estimate of drug-likeness (QED) is 0.319. The molecule has 0 bridgehead atoms. The summed E-state index contributed by atoms with van der Waals surface area (Å²) in [5.41, 5.74) is 2.52. The summed E-state index contributed by atoms with van der Waals surface area (Å²) in [6, 6.07) is 11.0. The second-order valence-electron chi connectivity index (χ2n) is 7.00. The minimum Gasteiger partial charge on any atom is -0.497 e. The Morgan fingerprint density at radius 2 is 1.92 bits per heavy atom. The van der Waals surface area contributed by atoms with Crippen LogP contribution in [-0.4, -0.2) is 43.4 Å². The van der Waals surface area contributed by atoms with E-state index < -0.39 is 0 Å². The Morgan fingerprint density at radius 1 is 1.23 bits per heavy atom. The third-order valence-electron chi connectivity index (χ3n) is 5.23. The van der Waals surface area contributed by atoms with E-state index in [1.807, 2.05) is 6.92 Å². The number of aliphatic hydroxyl groups excluding tert-OH is 1. The van der Waals surface area contributed by atoms with Crippen LogP contribution >= 0.6 is 0 Å². The number of rotatable bonds is 12. The van der Waals surface area contributed by atoms with Crippen molar-refractivity contribution in [2.24, 2.45) is 0 Å². The van der Waals surface area contributed by atoms with Gasteiger partial charge in [-0.1, -0.05) is 43.3 Å². The van der Waals surface area contributed by atoms with Gasteiger partial charge in [0.25, 0.3) is 0 Å². The van der Waals surface area contributed by atoms with E-state index in [1.54, 1.807) is 7.11 Å². The second-order valence-corrected chi connectivity index (χ2v) is 7.00. The number of methoxy groups -OCH3 is 1. The minimum atomic E-state index is 0.231. The first-order valence-corrected chi connectivity index (χ1v) is 9.78. The van der Waals surface area contributed by atoms with Crippen molar-refractivity contribution in [3.63, 3.8) is 0 Å². The van der Waals surface area contributed by atoms with Crippen LogP contribution in [0.5, 0.6) is 0 Å². The van der Waals surface area contributed by atoms with Gasteiger partial charge in [0.1, 0.15) is 5.76 Å². The number of benzene rings is 1. The van der Waals surface area contributed by atoms with Crippen LogP contribution in [0.25, 0.3) is 0 Å². The molecule has 0 aliphatic rings. The van der Waals surface area contributed by atoms with Gasteiger partial charge in [0.05, 0.1) is 7.11 Å². The molecule has 1 rings (SSSR count). The van der Waals surface area contributed by atoms with Crippen LogP contribution in [0.1, 0.15) is 57.9 Å². The molecule has 0 fully saturated rings. The number of aliphatic hydroxyl groups is 1. The maximum atomic E-state index is 9.50. The maximum Gasteiger partial charge on any atom is 0.117 e. The smallest absolute Gasteiger partial charge is 0.117 e. The molecule has 0 aromatic heterocycles. The van der Waals surface area contributed by atoms with E-state index in [4.69, 9.17) is 4.74 Å². The maximum absolute atomic E-state index is 9.50. The van der Waals surface area contributed by atoms with E-state index in [9.17, 15) is 5.11 Å². The summed E-state index contributed by atoms with van der Waals surface area (Å²) < 4.78 is 5.44. The van der Waals surface area contributed by atoms with Gasteiger partial charge in [0.15, 0.2) is 0 Å². The van der Waals surface area contributed by atoms with Crippen LogP contribution in [0, 0.1) is 0 Å². The molecule has 3 nitrogen and oxygen atoms in total. The number of allylic oxidation sites excluding steroid dienone is 3. The SMILES string of the molecule is C/C=C(C)\C(=C/CCCCN(C)C(CCO)[C@@H](C)c1ccccc1)OC. The lowest BCUT2D eigenvalue weighted by atomic mass is 9.90. The Labute approximate surface area is 160 Å². The predicted molar refractivity (Wildman–Crippen MR) is 111 cm³/mol. The summed E-state index contributed by atoms with van der Waals surface area (Å²) in [6.07, 6.45) is 8.38. The lowest BCUT2D eigenvalue weighted by molar-refractivity contribution is 0.164. The highest BCUT2D eigenvalue weighted by molar-refractivity contribution is 5.22. The lowest BCUT2D eigenvalue weighted by Crippen LogP contribution is -2.37. The number of unbranched alkanes of at least 4 members (excludes halogenated alkanes) is 2. The normalized spacial score (nSPS) is 15.2. The number of hydrogen-bond acceptors (Lipinski definition) is 3. The standard InChI is InChI=1S/C23H37NO2/c1-6-19(2)23(26-5)15-11-8-12-17-24(4)22(16-18-25)20(3)21-13-9-7-10-14-21/h6-7,9-10,13-15,20,22,25H,8,11-12,16-18H2,1-5H3/b19-6-,23-15+/t20-,22?/m0/s1. The van der Waals surface area contributed by atoms with E-state index in [1.165, 1.54) is 11.1 Å². The highest BCUT2D eigenvalue weighted by Crippen LogP contribution is 2.25. The zero-order valence-corrected chi connectivity index (χ0v) is 17.2. The molecular weight excluding hydrogens is 322 g/mol. The van der Waals surface area contributed by atoms with Gasteiger partial charge >= 0.3 is 0 Å². The Bertz CT molecular complexity index is 551. The number of likely N-dealkylation sites (N-methyl/N-ethyl adjacent to an activating group) is 1. The summed E-state index contributed by atoms with van der Waals surface area (Å²) in [6.45, 7) is 7.65. The highest BCUT2D eigenvalue weighted by Gasteiger charge is 2.22. The molecule has 1 N–H and O–H groups in total. The van der Waals surface area contributed by atoms with Gasteiger partial charge in [-0.15, -0.1) is 0 Å². The average Bonchev–Trinajstić information content (AvgIpc) is 2.68. The molecule has 0 saturated heterocycles. The highest BCUT2D eigenvalue weighted by atomic mass is 16.5. The van der Waals surface area contributed by atoms with Crippen molar-refractivity contribution in [3.8, 4) is 0 Å². The fourth-order valence-corrected chi connectivity index (χ4v) is 3.42. The second kappa shape index (κ2) is 12.7. The van der Waals surface area contributed by atoms with Crippen molar-refractivity contribution in [2.45, 2.75) is 58.4 Å². The lowest BCUT2D eigenvalue weighted by Gasteiger charge is -2.33. The fraction of sp³-hybridized carbons (Fsp3) is 0.565. The van der Waals surface area contributed by atoms with E-state index in [0.29, 0.717) is 12.0 Å². The van der Waals surface area contributed by atoms with Crippen LogP contribution in [0.2, 0.25) is 0 Å². The van der Waals surface area contributed by atoms with Crippen LogP contribution < -0.4 is 0 Å². The first kappa shape index (κ1) is 22.5. The minimum absolute atomic E-state index is 0.231. The van der Waals surface area contributed by atoms with E-state index in [0.717, 1.165) is 38.0 Å². The van der Waals surface area contributed by atoms with Gasteiger partial charge in [-0.2, -0.15) is 0 Å². The molecule has 0 aliphatic carbocycles. The third-order valence-corrected chi connectivity index (χ3v) is 5.23. The molecule has 3 heteroatoms. The molecule has 1 aromatic rings. The molecule has 2 atom stereocenters. The third kappa shape index (κ3) is 7.35. The topological polar surface area (TPSA) is 32.7 Å². The average molecular weight is 360 g/mol. The van der Waals surface area contributed by atoms with Crippen molar-refractivity contribution in [1.29, 1.82) is 0 Å². The number of ether oxygens (including phenoxy) is 1. The molecule has 1 unspecified atom stereocenters. The first-order chi connectivity index (χ1) is 12.5. The van der Waals surface area contributed by atoms with Crippen LogP contribution in [-0.2, 0) is 4.74 Å². The summed E-state index contributed by atoms with van der Waals surface area (Å²) in [5, 5.41) is 9.50. The van der Waals surface area contributed by atoms with Gasteiger partial charge in [-0.3, -0.25) is 0 Å². The molecule has 0 saturated carbocycles. The van der Waals surface area contributed by atoms with Gasteiger partial charge in [-0.05, 0) is 76.3 Å². The summed E-state index contributed by atoms with van der Waals surface area (Å²) in [7, 11) is 3.91. The van der Waals surface area contributed by atoms with E-state index >= 15 is 0 Å². The van der Waals surface area contributed by atoms with Crippen LogP contribution in [0.15, 0.2) is 53.8 Å². The van der Waals surface area contributed by atoms with Crippen molar-refractivity contribution in [2.75, 3.05) is 27.3 Å². The van der Waals surface area contributed by atoms with Gasteiger partial charge in [0.2, 0.25) is 0 Å². The van der Waals surface area contributed by atoms with E-state index in [-0.39, 0.29) is 6.61 Å². The molecule has 0 amide bonds. The van der Waals surface area contributed by atoms with Crippen molar-refractivity contribution < 1.29 is 9.84 Å². The van der Waals surface area contributed by atoms with Crippen molar-refractivity contribution in [1.82, 2.24) is 4.90 Å². The molecule has 0 spiro atoms. The van der Waals surface area contributed by atoms with Crippen LogP contribution in [0.4, 0.5) is 0 Å². The van der Waals surface area contributed by atoms with Crippen LogP contribution in [0.3, 0.4) is 0 Å². The molecule has 0 heterocycles. The molecule has 0 aliphatic heterocycles. The van der Waals surface area contributed by atoms with Crippen molar-refractivity contribution in [3.05, 3.63) is 59.4 Å². The first-order valence-electron chi connectivity index (χ1n) is 9.78. The van der Waals surface area contributed by atoms with Gasteiger partial charge in [0, 0.05) is 12.6 Å². The molecule has 146 valence electrons. The largest absolute Gasteiger partial charge is 0.497 e. The Kier molecular flexibility index (Phi) is 11.0. The Balaban J connectivity index is 2.52. The van der Waals surface area contributed by atoms with E-state index in [2.05, 4.69) is 68.3 Å². The number of hydrogen-bond donors (Lipinski definition) is 1. The molecule has 26 heavy (non-hydrogen) atoms. The summed E-state index contributed by atoms with van der Waals surface area (Å²) in [5.74, 6) is 1.39. The Hall–Kier alpha value is -1.58. The van der Waals surface area contributed by atoms with Gasteiger partial charge < -0.3 is 14.7 Å². The molecular formula is C23H37NO2. The zero-order chi connectivity index (χ0) is 19.4. The number of nitrogens with zero attached hydrogens (tertiary/aromatic N) is 1. The monoisotopic (exact) mass is 359 g/mol. The predicted octanol–water partition coefficient (Wildman–Crippen LogP) is 5.14. The van der Waals surface area contributed by atoms with Crippen molar-refractivity contribution >= 4 is 0 Å². The molecule has 1 aromatic carbocycles. The summed E-state index contributed by atoms with van der Waals surface area (Å²) in [4.78, 5) is 2.41. The molecule has 0 radical (unpaired) electrons.